The standard InChI is InChI=1S/C21H19FN4O2S/c1-2-10-29(27,28)26-17-5-3-4-15(11-17)20-18-12-19(25-21(18)24-13-23-20)14-6-8-16(22)9-7-14/h3-9,11-13,26H,2,10H2,1H3,(H,23,24,25). The zero-order valence-electron chi connectivity index (χ0n) is 15.7. The Kier molecular flexibility index (Phi) is 5.02. The number of rotatable bonds is 6. The molecular formula is C21H19FN4O2S. The van der Waals surface area contributed by atoms with E-state index in [2.05, 4.69) is 19.7 Å². The van der Waals surface area contributed by atoms with Crippen LogP contribution in [-0.4, -0.2) is 29.1 Å². The molecule has 4 rings (SSSR count). The summed E-state index contributed by atoms with van der Waals surface area (Å²) in [5, 5.41) is 0.792. The first-order valence-electron chi connectivity index (χ1n) is 9.16. The molecule has 0 saturated heterocycles. The summed E-state index contributed by atoms with van der Waals surface area (Å²) in [7, 11) is -3.38. The average molecular weight is 410 g/mol. The van der Waals surface area contributed by atoms with Crippen molar-refractivity contribution >= 4 is 26.7 Å². The number of H-pyrrole nitrogens is 1. The van der Waals surface area contributed by atoms with Crippen molar-refractivity contribution < 1.29 is 12.8 Å². The molecule has 148 valence electrons. The van der Waals surface area contributed by atoms with E-state index in [1.54, 1.807) is 30.3 Å². The van der Waals surface area contributed by atoms with Crippen molar-refractivity contribution in [2.45, 2.75) is 13.3 Å². The van der Waals surface area contributed by atoms with Crippen LogP contribution in [0.3, 0.4) is 0 Å². The average Bonchev–Trinajstić information content (AvgIpc) is 3.12. The van der Waals surface area contributed by atoms with Gasteiger partial charge >= 0.3 is 0 Å². The number of nitrogens with one attached hydrogen (secondary N) is 2. The molecule has 0 radical (unpaired) electrons. The van der Waals surface area contributed by atoms with Crippen LogP contribution in [-0.2, 0) is 10.0 Å². The molecule has 4 aromatic rings. The highest BCUT2D eigenvalue weighted by Crippen LogP contribution is 2.31. The number of fused-ring (bicyclic) bond motifs is 1. The molecule has 2 aromatic carbocycles. The van der Waals surface area contributed by atoms with E-state index in [1.807, 2.05) is 19.1 Å². The van der Waals surface area contributed by atoms with Gasteiger partial charge in [-0.15, -0.1) is 0 Å². The van der Waals surface area contributed by atoms with Crippen LogP contribution in [0.5, 0.6) is 0 Å². The Morgan fingerprint density at radius 3 is 2.59 bits per heavy atom. The lowest BCUT2D eigenvalue weighted by molar-refractivity contribution is 0.600. The number of anilines is 1. The van der Waals surface area contributed by atoms with E-state index in [-0.39, 0.29) is 11.6 Å². The maximum Gasteiger partial charge on any atom is 0.232 e. The fourth-order valence-electron chi connectivity index (χ4n) is 3.18. The van der Waals surface area contributed by atoms with Gasteiger partial charge in [0.25, 0.3) is 0 Å². The van der Waals surface area contributed by atoms with Crippen LogP contribution in [0.15, 0.2) is 60.9 Å². The number of hydrogen-bond donors (Lipinski definition) is 2. The van der Waals surface area contributed by atoms with E-state index in [0.717, 1.165) is 22.2 Å². The Balaban J connectivity index is 1.75. The number of nitrogens with zero attached hydrogens (tertiary/aromatic N) is 2. The smallest absolute Gasteiger partial charge is 0.232 e. The quantitative estimate of drug-likeness (QED) is 0.487. The molecule has 0 amide bonds. The predicted molar refractivity (Wildman–Crippen MR) is 112 cm³/mol. The minimum Gasteiger partial charge on any atom is -0.339 e. The minimum atomic E-state index is -3.38. The van der Waals surface area contributed by atoms with E-state index < -0.39 is 10.0 Å². The van der Waals surface area contributed by atoms with Crippen molar-refractivity contribution in [1.29, 1.82) is 0 Å². The summed E-state index contributed by atoms with van der Waals surface area (Å²) >= 11 is 0. The largest absolute Gasteiger partial charge is 0.339 e. The number of aromatic amines is 1. The summed E-state index contributed by atoms with van der Waals surface area (Å²) < 4.78 is 40.0. The molecule has 0 aliphatic carbocycles. The van der Waals surface area contributed by atoms with Gasteiger partial charge in [-0.25, -0.2) is 22.8 Å². The molecule has 2 heterocycles. The molecule has 0 spiro atoms. The fourth-order valence-corrected chi connectivity index (χ4v) is 4.31. The molecule has 6 nitrogen and oxygen atoms in total. The van der Waals surface area contributed by atoms with Gasteiger partial charge in [0.1, 0.15) is 17.8 Å². The van der Waals surface area contributed by atoms with Gasteiger partial charge in [-0.1, -0.05) is 19.1 Å². The maximum absolute atomic E-state index is 13.2. The van der Waals surface area contributed by atoms with Crippen LogP contribution in [0.25, 0.3) is 33.5 Å². The van der Waals surface area contributed by atoms with Crippen molar-refractivity contribution in [3.05, 3.63) is 66.7 Å². The molecule has 0 bridgehead atoms. The second-order valence-electron chi connectivity index (χ2n) is 6.68. The van der Waals surface area contributed by atoms with Crippen LogP contribution in [0.4, 0.5) is 10.1 Å². The molecule has 2 N–H and O–H groups in total. The Hall–Kier alpha value is -3.26. The van der Waals surface area contributed by atoms with Crippen molar-refractivity contribution in [1.82, 2.24) is 15.0 Å². The first kappa shape index (κ1) is 19.1. The number of aromatic nitrogens is 3. The van der Waals surface area contributed by atoms with Crippen LogP contribution < -0.4 is 4.72 Å². The van der Waals surface area contributed by atoms with E-state index in [4.69, 9.17) is 0 Å². The summed E-state index contributed by atoms with van der Waals surface area (Å²) in [6, 6.07) is 15.2. The third-order valence-corrected chi connectivity index (χ3v) is 5.96. The Bertz CT molecular complexity index is 1270. The number of halogens is 1. The van der Waals surface area contributed by atoms with Gasteiger partial charge in [0.15, 0.2) is 0 Å². The molecule has 0 unspecified atom stereocenters. The Morgan fingerprint density at radius 2 is 1.83 bits per heavy atom. The van der Waals surface area contributed by atoms with Crippen molar-refractivity contribution in [3.8, 4) is 22.5 Å². The zero-order valence-corrected chi connectivity index (χ0v) is 16.5. The summed E-state index contributed by atoms with van der Waals surface area (Å²) in [5.41, 5.74) is 4.19. The fraction of sp³-hybridized carbons (Fsp3) is 0.143. The van der Waals surface area contributed by atoms with Gasteiger partial charge in [-0.3, -0.25) is 4.72 Å². The summed E-state index contributed by atoms with van der Waals surface area (Å²) in [6.45, 7) is 1.82. The summed E-state index contributed by atoms with van der Waals surface area (Å²) in [6.07, 6.45) is 1.99. The number of benzene rings is 2. The second kappa shape index (κ2) is 7.63. The van der Waals surface area contributed by atoms with E-state index in [0.29, 0.717) is 23.4 Å². The summed E-state index contributed by atoms with van der Waals surface area (Å²) in [4.78, 5) is 11.9. The van der Waals surface area contributed by atoms with Gasteiger partial charge in [0.2, 0.25) is 10.0 Å². The lowest BCUT2D eigenvalue weighted by atomic mass is 10.1. The van der Waals surface area contributed by atoms with Crippen molar-refractivity contribution in [2.24, 2.45) is 0 Å². The first-order chi connectivity index (χ1) is 13.9. The van der Waals surface area contributed by atoms with Crippen LogP contribution >= 0.6 is 0 Å². The molecule has 0 atom stereocenters. The lowest BCUT2D eigenvalue weighted by Crippen LogP contribution is -2.16. The van der Waals surface area contributed by atoms with Crippen LogP contribution in [0, 0.1) is 5.82 Å². The predicted octanol–water partition coefficient (Wildman–Crippen LogP) is 4.58. The molecule has 0 aliphatic rings. The van der Waals surface area contributed by atoms with E-state index >= 15 is 0 Å². The van der Waals surface area contributed by atoms with Crippen molar-refractivity contribution in [3.63, 3.8) is 0 Å². The topological polar surface area (TPSA) is 87.7 Å². The monoisotopic (exact) mass is 410 g/mol. The van der Waals surface area contributed by atoms with Gasteiger partial charge < -0.3 is 4.98 Å². The second-order valence-corrected chi connectivity index (χ2v) is 8.52. The minimum absolute atomic E-state index is 0.0633. The van der Waals surface area contributed by atoms with E-state index in [9.17, 15) is 12.8 Å². The zero-order chi connectivity index (χ0) is 20.4. The van der Waals surface area contributed by atoms with Gasteiger partial charge in [-0.2, -0.15) is 0 Å². The molecular weight excluding hydrogens is 391 g/mol. The first-order valence-corrected chi connectivity index (χ1v) is 10.8. The highest BCUT2D eigenvalue weighted by molar-refractivity contribution is 7.92. The molecule has 29 heavy (non-hydrogen) atoms. The molecule has 0 saturated carbocycles. The molecule has 0 aliphatic heterocycles. The highest BCUT2D eigenvalue weighted by Gasteiger charge is 2.13. The van der Waals surface area contributed by atoms with Crippen LogP contribution in [0.1, 0.15) is 13.3 Å². The molecule has 0 fully saturated rings. The molecule has 8 heteroatoms. The maximum atomic E-state index is 13.2. The summed E-state index contributed by atoms with van der Waals surface area (Å²) in [5.74, 6) is -0.235. The van der Waals surface area contributed by atoms with Crippen molar-refractivity contribution in [2.75, 3.05) is 10.5 Å². The van der Waals surface area contributed by atoms with E-state index in [1.165, 1.54) is 18.5 Å². The molecule has 2 aromatic heterocycles. The number of sulfonamides is 1. The lowest BCUT2D eigenvalue weighted by Gasteiger charge is -2.09. The highest BCUT2D eigenvalue weighted by atomic mass is 32.2. The Morgan fingerprint density at radius 1 is 1.03 bits per heavy atom. The van der Waals surface area contributed by atoms with Gasteiger partial charge in [-0.05, 0) is 54.4 Å². The SMILES string of the molecule is CCCS(=O)(=O)Nc1cccc(-c2ncnc3[nH]c(-c4ccc(F)cc4)cc23)c1. The third kappa shape index (κ3) is 4.12. The van der Waals surface area contributed by atoms with Gasteiger partial charge in [0, 0.05) is 22.3 Å². The number of hydrogen-bond acceptors (Lipinski definition) is 4. The Labute approximate surface area is 167 Å². The normalized spacial score (nSPS) is 11.7. The van der Waals surface area contributed by atoms with Crippen LogP contribution in [0.2, 0.25) is 0 Å². The van der Waals surface area contributed by atoms with Gasteiger partial charge in [0.05, 0.1) is 11.4 Å². The third-order valence-electron chi connectivity index (χ3n) is 4.46.